The van der Waals surface area contributed by atoms with Crippen molar-refractivity contribution < 1.29 is 14.9 Å². The van der Waals surface area contributed by atoms with Crippen LogP contribution in [0.15, 0.2) is 24.3 Å². The maximum Gasteiger partial charge on any atom is 0.119 e. The number of aryl methyl sites for hydroxylation is 1. The fourth-order valence-corrected chi connectivity index (χ4v) is 5.63. The van der Waals surface area contributed by atoms with Crippen molar-refractivity contribution in [1.82, 2.24) is 0 Å². The number of unbranched alkanes of at least 4 members (excludes halogenated alkanes) is 2. The summed E-state index contributed by atoms with van der Waals surface area (Å²) in [5.74, 6) is 0.905. The fourth-order valence-electron chi connectivity index (χ4n) is 3.07. The summed E-state index contributed by atoms with van der Waals surface area (Å²) in [5.41, 5.74) is 6.14. The summed E-state index contributed by atoms with van der Waals surface area (Å²) in [4.78, 5) is 0. The lowest BCUT2D eigenvalue weighted by Crippen LogP contribution is -2.47. The van der Waals surface area contributed by atoms with Crippen LogP contribution in [0.4, 0.5) is 0 Å². The number of ether oxygens (including phenoxy) is 1. The van der Waals surface area contributed by atoms with E-state index in [0.29, 0.717) is 6.42 Å². The summed E-state index contributed by atoms with van der Waals surface area (Å²) in [5, 5.41) is 18.5. The largest absolute Gasteiger partial charge is 0.494 e. The Labute approximate surface area is 160 Å². The molecule has 0 fully saturated rings. The van der Waals surface area contributed by atoms with Gasteiger partial charge in [-0.1, -0.05) is 63.5 Å². The molecule has 0 heterocycles. The molecule has 0 aromatic heterocycles. The van der Waals surface area contributed by atoms with Gasteiger partial charge in [0.15, 0.2) is 0 Å². The highest BCUT2D eigenvalue weighted by atomic mass is 28.3. The lowest BCUT2D eigenvalue weighted by Gasteiger charge is -2.24. The third kappa shape index (κ3) is 9.17. The molecule has 4 nitrogen and oxygen atoms in total. The predicted molar refractivity (Wildman–Crippen MR) is 113 cm³/mol. The Morgan fingerprint density at radius 3 is 2.19 bits per heavy atom. The van der Waals surface area contributed by atoms with Crippen LogP contribution in [0.2, 0.25) is 25.2 Å². The molecule has 150 valence electrons. The number of aliphatic hydroxyl groups is 2. The van der Waals surface area contributed by atoms with Crippen LogP contribution >= 0.6 is 0 Å². The Balaban J connectivity index is 2.30. The van der Waals surface area contributed by atoms with E-state index in [-0.39, 0.29) is 13.2 Å². The molecule has 5 heteroatoms. The van der Waals surface area contributed by atoms with Gasteiger partial charge in [-0.15, -0.1) is 0 Å². The molecule has 0 bridgehead atoms. The molecule has 0 amide bonds. The zero-order valence-electron chi connectivity index (χ0n) is 17.0. The molecule has 0 aliphatic carbocycles. The SMILES string of the molecule is CCCCC[Si](C)(C)CCCOc1ccc(CCC(N)(CO)CO)cc1. The third-order valence-electron chi connectivity index (χ3n) is 5.19. The summed E-state index contributed by atoms with van der Waals surface area (Å²) in [6.07, 6.45) is 6.47. The molecule has 0 spiro atoms. The monoisotopic (exact) mass is 381 g/mol. The second-order valence-corrected chi connectivity index (χ2v) is 13.7. The highest BCUT2D eigenvalue weighted by Crippen LogP contribution is 2.22. The second kappa shape index (κ2) is 11.8. The van der Waals surface area contributed by atoms with Crippen molar-refractivity contribution in [2.45, 2.75) is 76.2 Å². The maximum absolute atomic E-state index is 9.24. The van der Waals surface area contributed by atoms with Crippen LogP contribution in [0, 0.1) is 0 Å². The van der Waals surface area contributed by atoms with Crippen LogP contribution in [0.1, 0.15) is 44.6 Å². The number of hydrogen-bond donors (Lipinski definition) is 3. The second-order valence-electron chi connectivity index (χ2n) is 8.40. The van der Waals surface area contributed by atoms with Crippen LogP contribution in [0.25, 0.3) is 0 Å². The Kier molecular flexibility index (Phi) is 10.5. The van der Waals surface area contributed by atoms with E-state index in [0.717, 1.165) is 30.8 Å². The number of aliphatic hydroxyl groups excluding tert-OH is 2. The molecule has 1 rings (SSSR count). The number of nitrogens with two attached hydrogens (primary N) is 1. The number of hydrogen-bond acceptors (Lipinski definition) is 4. The molecule has 0 aliphatic rings. The lowest BCUT2D eigenvalue weighted by molar-refractivity contribution is 0.115. The van der Waals surface area contributed by atoms with Crippen molar-refractivity contribution in [2.75, 3.05) is 19.8 Å². The van der Waals surface area contributed by atoms with Crippen LogP contribution in [-0.4, -0.2) is 43.6 Å². The molecule has 0 saturated heterocycles. The summed E-state index contributed by atoms with van der Waals surface area (Å²) in [6.45, 7) is 7.62. The van der Waals surface area contributed by atoms with Gasteiger partial charge in [-0.25, -0.2) is 0 Å². The van der Waals surface area contributed by atoms with Crippen LogP contribution in [0.3, 0.4) is 0 Å². The first-order chi connectivity index (χ1) is 12.3. The minimum Gasteiger partial charge on any atom is -0.494 e. The molecule has 0 saturated carbocycles. The first kappa shape index (κ1) is 23.2. The Hall–Kier alpha value is -0.883. The van der Waals surface area contributed by atoms with Crippen LogP contribution in [0.5, 0.6) is 5.75 Å². The first-order valence-corrected chi connectivity index (χ1v) is 13.5. The summed E-state index contributed by atoms with van der Waals surface area (Å²) >= 11 is 0. The normalized spacial score (nSPS) is 12.4. The Bertz CT molecular complexity index is 487. The molecule has 4 N–H and O–H groups in total. The third-order valence-corrected chi connectivity index (χ3v) is 8.60. The van der Waals surface area contributed by atoms with Crippen molar-refractivity contribution in [2.24, 2.45) is 5.73 Å². The van der Waals surface area contributed by atoms with Crippen molar-refractivity contribution in [3.8, 4) is 5.75 Å². The fraction of sp³-hybridized carbons (Fsp3) is 0.714. The number of benzene rings is 1. The van der Waals surface area contributed by atoms with E-state index in [9.17, 15) is 10.2 Å². The van der Waals surface area contributed by atoms with Gasteiger partial charge in [-0.2, -0.15) is 0 Å². The van der Waals surface area contributed by atoms with E-state index >= 15 is 0 Å². The van der Waals surface area contributed by atoms with Crippen LogP contribution < -0.4 is 10.5 Å². The summed E-state index contributed by atoms with van der Waals surface area (Å²) < 4.78 is 5.89. The van der Waals surface area contributed by atoms with Crippen molar-refractivity contribution in [3.63, 3.8) is 0 Å². The van der Waals surface area contributed by atoms with Gasteiger partial charge in [0, 0.05) is 8.07 Å². The summed E-state index contributed by atoms with van der Waals surface area (Å²) in [6, 6.07) is 10.8. The van der Waals surface area contributed by atoms with E-state index in [1.54, 1.807) is 0 Å². The maximum atomic E-state index is 9.24. The van der Waals surface area contributed by atoms with Gasteiger partial charge in [0.1, 0.15) is 5.75 Å². The molecule has 0 aliphatic heterocycles. The van der Waals surface area contributed by atoms with Crippen molar-refractivity contribution in [3.05, 3.63) is 29.8 Å². The van der Waals surface area contributed by atoms with Gasteiger partial charge in [-0.3, -0.25) is 0 Å². The molecule has 0 unspecified atom stereocenters. The van der Waals surface area contributed by atoms with E-state index in [2.05, 4.69) is 20.0 Å². The van der Waals surface area contributed by atoms with E-state index in [1.807, 2.05) is 24.3 Å². The molecule has 1 aromatic rings. The van der Waals surface area contributed by atoms with Gasteiger partial charge in [0.05, 0.1) is 25.4 Å². The number of rotatable bonds is 14. The smallest absolute Gasteiger partial charge is 0.119 e. The highest BCUT2D eigenvalue weighted by Gasteiger charge is 2.22. The van der Waals surface area contributed by atoms with E-state index < -0.39 is 13.6 Å². The van der Waals surface area contributed by atoms with Gasteiger partial charge in [-0.05, 0) is 37.0 Å². The average Bonchev–Trinajstić information content (AvgIpc) is 2.64. The van der Waals surface area contributed by atoms with Crippen molar-refractivity contribution in [1.29, 1.82) is 0 Å². The zero-order valence-corrected chi connectivity index (χ0v) is 18.0. The standard InChI is InChI=1S/C21H39NO3Si/c1-4-5-6-15-26(2,3)16-7-14-25-20-10-8-19(9-11-20)12-13-21(22,17-23)18-24/h8-11,23-24H,4-7,12-18,22H2,1-3H3. The minimum atomic E-state index is -1.06. The summed E-state index contributed by atoms with van der Waals surface area (Å²) in [7, 11) is -1.06. The topological polar surface area (TPSA) is 75.7 Å². The van der Waals surface area contributed by atoms with E-state index in [4.69, 9.17) is 10.5 Å². The van der Waals surface area contributed by atoms with Crippen LogP contribution in [-0.2, 0) is 6.42 Å². The predicted octanol–water partition coefficient (Wildman–Crippen LogP) is 3.97. The van der Waals surface area contributed by atoms with E-state index in [1.165, 1.54) is 31.4 Å². The van der Waals surface area contributed by atoms with Gasteiger partial charge < -0.3 is 20.7 Å². The first-order valence-electron chi connectivity index (χ1n) is 10.1. The molecular weight excluding hydrogens is 342 g/mol. The molecule has 0 radical (unpaired) electrons. The van der Waals surface area contributed by atoms with Crippen molar-refractivity contribution >= 4 is 8.07 Å². The minimum absolute atomic E-state index is 0.206. The molecule has 26 heavy (non-hydrogen) atoms. The molecular formula is C21H39NO3Si. The Morgan fingerprint density at radius 2 is 1.62 bits per heavy atom. The Morgan fingerprint density at radius 1 is 1.00 bits per heavy atom. The zero-order chi connectivity index (χ0) is 19.5. The lowest BCUT2D eigenvalue weighted by atomic mass is 9.94. The molecule has 1 aromatic carbocycles. The van der Waals surface area contributed by atoms with Gasteiger partial charge >= 0.3 is 0 Å². The van der Waals surface area contributed by atoms with Gasteiger partial charge in [0.2, 0.25) is 0 Å². The quantitative estimate of drug-likeness (QED) is 0.337. The average molecular weight is 382 g/mol. The van der Waals surface area contributed by atoms with Gasteiger partial charge in [0.25, 0.3) is 0 Å². The molecule has 0 atom stereocenters. The highest BCUT2D eigenvalue weighted by molar-refractivity contribution is 6.77.